The van der Waals surface area contributed by atoms with E-state index in [-0.39, 0.29) is 11.1 Å². The number of methoxy groups -OCH3 is 1. The molecule has 1 aromatic heterocycles. The number of carbonyl (C=O) groups is 1. The van der Waals surface area contributed by atoms with Gasteiger partial charge >= 0.3 is 5.97 Å². The van der Waals surface area contributed by atoms with Crippen LogP contribution in [0.1, 0.15) is 10.4 Å². The molecule has 0 bridgehead atoms. The van der Waals surface area contributed by atoms with Gasteiger partial charge in [0.1, 0.15) is 5.75 Å². The van der Waals surface area contributed by atoms with Gasteiger partial charge in [0.05, 0.1) is 12.7 Å². The summed E-state index contributed by atoms with van der Waals surface area (Å²) in [7, 11) is 1.48. The number of fused-ring (bicyclic) bond motifs is 1. The summed E-state index contributed by atoms with van der Waals surface area (Å²) in [5.41, 5.74) is -0.267. The van der Waals surface area contributed by atoms with Crippen molar-refractivity contribution in [3.05, 3.63) is 40.3 Å². The highest BCUT2D eigenvalue weighted by atomic mass is 16.5. The summed E-state index contributed by atoms with van der Waals surface area (Å²) in [4.78, 5) is 24.8. The maximum Gasteiger partial charge on any atom is 0.337 e. The van der Waals surface area contributed by atoms with Crippen LogP contribution in [-0.2, 0) is 0 Å². The fourth-order valence-corrected chi connectivity index (χ4v) is 1.54. The highest BCUT2D eigenvalue weighted by Gasteiger charge is 2.11. The number of carboxylic acid groups (broad SMARTS) is 1. The Kier molecular flexibility index (Phi) is 2.36. The number of hydrogen-bond donors (Lipinski definition) is 2. The maximum absolute atomic E-state index is 11.5. The van der Waals surface area contributed by atoms with Gasteiger partial charge in [-0.3, -0.25) is 4.79 Å². The molecular formula is C11H9NO4. The van der Waals surface area contributed by atoms with Gasteiger partial charge in [-0.15, -0.1) is 0 Å². The molecule has 82 valence electrons. The van der Waals surface area contributed by atoms with Gasteiger partial charge < -0.3 is 14.8 Å². The van der Waals surface area contributed by atoms with Crippen molar-refractivity contribution in [1.29, 1.82) is 0 Å². The summed E-state index contributed by atoms with van der Waals surface area (Å²) in [5.74, 6) is -0.574. The maximum atomic E-state index is 11.5. The summed E-state index contributed by atoms with van der Waals surface area (Å²) in [5, 5.41) is 9.68. The van der Waals surface area contributed by atoms with E-state index in [1.807, 2.05) is 0 Å². The van der Waals surface area contributed by atoms with Crippen molar-refractivity contribution < 1.29 is 14.6 Å². The number of hydrogen-bond acceptors (Lipinski definition) is 3. The molecule has 0 radical (unpaired) electrons. The lowest BCUT2D eigenvalue weighted by molar-refractivity contribution is 0.0698. The van der Waals surface area contributed by atoms with E-state index in [0.717, 1.165) is 0 Å². The van der Waals surface area contributed by atoms with Gasteiger partial charge in [-0.25, -0.2) is 4.79 Å². The minimum atomic E-state index is -1.09. The minimum absolute atomic E-state index is 0.0495. The Bertz CT molecular complexity index is 615. The number of ether oxygens (including phenoxy) is 1. The molecule has 0 saturated carbocycles. The molecule has 5 nitrogen and oxygen atoms in total. The molecule has 1 heterocycles. The second-order valence-corrected chi connectivity index (χ2v) is 3.25. The van der Waals surface area contributed by atoms with Crippen LogP contribution in [0.15, 0.2) is 29.2 Å². The summed E-state index contributed by atoms with van der Waals surface area (Å²) in [6.45, 7) is 0. The van der Waals surface area contributed by atoms with E-state index in [0.29, 0.717) is 16.5 Å². The third-order valence-electron chi connectivity index (χ3n) is 2.34. The van der Waals surface area contributed by atoms with Crippen molar-refractivity contribution in [2.24, 2.45) is 0 Å². The van der Waals surface area contributed by atoms with Gasteiger partial charge in [-0.05, 0) is 18.2 Å². The quantitative estimate of drug-likeness (QED) is 0.796. The molecule has 16 heavy (non-hydrogen) atoms. The van der Waals surface area contributed by atoms with Gasteiger partial charge in [0.15, 0.2) is 0 Å². The van der Waals surface area contributed by atoms with Gasteiger partial charge in [0, 0.05) is 17.0 Å². The van der Waals surface area contributed by atoms with Crippen LogP contribution >= 0.6 is 0 Å². The molecule has 2 N–H and O–H groups in total. The predicted octanol–water partition coefficient (Wildman–Crippen LogP) is 1.23. The Balaban J connectivity index is 2.88. The average Bonchev–Trinajstić information content (AvgIpc) is 2.28. The van der Waals surface area contributed by atoms with E-state index >= 15 is 0 Å². The first-order valence-electron chi connectivity index (χ1n) is 4.56. The molecule has 0 aliphatic heterocycles. The Morgan fingerprint density at radius 2 is 2.12 bits per heavy atom. The zero-order valence-electron chi connectivity index (χ0n) is 8.48. The zero-order chi connectivity index (χ0) is 11.7. The van der Waals surface area contributed by atoms with E-state index in [4.69, 9.17) is 9.84 Å². The van der Waals surface area contributed by atoms with Gasteiger partial charge in [-0.1, -0.05) is 0 Å². The summed E-state index contributed by atoms with van der Waals surface area (Å²) in [6.07, 6.45) is 1.19. The van der Waals surface area contributed by atoms with Crippen LogP contribution in [0.25, 0.3) is 10.8 Å². The molecule has 0 unspecified atom stereocenters. The fraction of sp³-hybridized carbons (Fsp3) is 0.0909. The van der Waals surface area contributed by atoms with Crippen molar-refractivity contribution in [3.63, 3.8) is 0 Å². The van der Waals surface area contributed by atoms with Crippen LogP contribution in [-0.4, -0.2) is 23.2 Å². The predicted molar refractivity (Wildman–Crippen MR) is 58.1 cm³/mol. The Hall–Kier alpha value is -2.30. The van der Waals surface area contributed by atoms with E-state index in [9.17, 15) is 9.59 Å². The second kappa shape index (κ2) is 3.69. The SMILES string of the molecule is COc1ccc2c(=O)[nH]cc(C(=O)O)c2c1. The largest absolute Gasteiger partial charge is 0.497 e. The van der Waals surface area contributed by atoms with Crippen molar-refractivity contribution in [3.8, 4) is 5.75 Å². The molecule has 0 fully saturated rings. The smallest absolute Gasteiger partial charge is 0.337 e. The highest BCUT2D eigenvalue weighted by Crippen LogP contribution is 2.20. The van der Waals surface area contributed by atoms with Crippen LogP contribution in [0.3, 0.4) is 0 Å². The summed E-state index contributed by atoms with van der Waals surface area (Å²) < 4.78 is 4.99. The van der Waals surface area contributed by atoms with Crippen molar-refractivity contribution in [2.75, 3.05) is 7.11 Å². The minimum Gasteiger partial charge on any atom is -0.497 e. The molecule has 0 atom stereocenters. The topological polar surface area (TPSA) is 79.4 Å². The first-order chi connectivity index (χ1) is 7.63. The molecule has 0 aliphatic rings. The number of benzene rings is 1. The number of rotatable bonds is 2. The molecule has 0 amide bonds. The zero-order valence-corrected chi connectivity index (χ0v) is 8.48. The third kappa shape index (κ3) is 1.52. The number of aromatic carboxylic acids is 1. The standard InChI is InChI=1S/C11H9NO4/c1-16-6-2-3-7-8(4-6)9(11(14)15)5-12-10(7)13/h2-5H,1H3,(H,12,13)(H,14,15). The number of aromatic nitrogens is 1. The Labute approximate surface area is 90.3 Å². The van der Waals surface area contributed by atoms with E-state index in [1.165, 1.54) is 19.4 Å². The Morgan fingerprint density at radius 3 is 2.75 bits per heavy atom. The molecule has 0 spiro atoms. The van der Waals surface area contributed by atoms with Gasteiger partial charge in [0.2, 0.25) is 0 Å². The van der Waals surface area contributed by atoms with Crippen LogP contribution in [0.2, 0.25) is 0 Å². The van der Waals surface area contributed by atoms with Crippen LogP contribution in [0.4, 0.5) is 0 Å². The normalized spacial score (nSPS) is 10.3. The monoisotopic (exact) mass is 219 g/mol. The summed E-state index contributed by atoms with van der Waals surface area (Å²) >= 11 is 0. The molecule has 2 rings (SSSR count). The van der Waals surface area contributed by atoms with Crippen molar-refractivity contribution in [1.82, 2.24) is 4.98 Å². The van der Waals surface area contributed by atoms with Gasteiger partial charge in [0.25, 0.3) is 5.56 Å². The average molecular weight is 219 g/mol. The van der Waals surface area contributed by atoms with Crippen LogP contribution in [0, 0.1) is 0 Å². The van der Waals surface area contributed by atoms with E-state index in [1.54, 1.807) is 12.1 Å². The molecular weight excluding hydrogens is 210 g/mol. The molecule has 2 aromatic rings. The summed E-state index contributed by atoms with van der Waals surface area (Å²) in [6, 6.07) is 4.69. The lowest BCUT2D eigenvalue weighted by atomic mass is 10.1. The number of carboxylic acids is 1. The van der Waals surface area contributed by atoms with Crippen LogP contribution < -0.4 is 10.3 Å². The third-order valence-corrected chi connectivity index (χ3v) is 2.34. The molecule has 1 aromatic carbocycles. The molecule has 0 saturated heterocycles. The lowest BCUT2D eigenvalue weighted by Gasteiger charge is -2.04. The number of pyridine rings is 1. The van der Waals surface area contributed by atoms with E-state index < -0.39 is 5.97 Å². The van der Waals surface area contributed by atoms with Gasteiger partial charge in [-0.2, -0.15) is 0 Å². The highest BCUT2D eigenvalue weighted by molar-refractivity contribution is 6.03. The van der Waals surface area contributed by atoms with Crippen molar-refractivity contribution >= 4 is 16.7 Å². The van der Waals surface area contributed by atoms with E-state index in [2.05, 4.69) is 4.98 Å². The first kappa shape index (κ1) is 10.2. The fourth-order valence-electron chi connectivity index (χ4n) is 1.54. The second-order valence-electron chi connectivity index (χ2n) is 3.25. The molecule has 0 aliphatic carbocycles. The number of H-pyrrole nitrogens is 1. The number of nitrogens with one attached hydrogen (secondary N) is 1. The number of aromatic amines is 1. The van der Waals surface area contributed by atoms with Crippen LogP contribution in [0.5, 0.6) is 5.75 Å². The molecule has 5 heteroatoms. The Morgan fingerprint density at radius 1 is 1.38 bits per heavy atom. The lowest BCUT2D eigenvalue weighted by Crippen LogP contribution is -2.10. The first-order valence-corrected chi connectivity index (χ1v) is 4.56. The van der Waals surface area contributed by atoms with Crippen molar-refractivity contribution in [2.45, 2.75) is 0 Å².